The maximum atomic E-state index is 9.03. The number of aliphatic hydroxyl groups excluding tert-OH is 6. The van der Waals surface area contributed by atoms with E-state index in [4.69, 9.17) is 52.9 Å². The van der Waals surface area contributed by atoms with E-state index in [1.807, 2.05) is 0 Å². The molecule has 0 saturated carbocycles. The first kappa shape index (κ1) is 33.2. The Morgan fingerprint density at radius 3 is 0.958 bits per heavy atom. The minimum absolute atomic E-state index is 0. The van der Waals surface area contributed by atoms with Gasteiger partial charge in [-0.3, -0.25) is 8.42 Å². The van der Waals surface area contributed by atoms with E-state index in [-0.39, 0.29) is 72.3 Å². The van der Waals surface area contributed by atoms with Crippen molar-refractivity contribution in [2.75, 3.05) is 52.9 Å². The first-order valence-electron chi connectivity index (χ1n) is 5.97. The molecule has 6 N–H and O–H groups in total. The maximum absolute atomic E-state index is 9.03. The summed E-state index contributed by atoms with van der Waals surface area (Å²) in [6, 6.07) is 0. The van der Waals surface area contributed by atoms with Gasteiger partial charge in [0.2, 0.25) is 0 Å². The van der Waals surface area contributed by atoms with Crippen molar-refractivity contribution in [3.05, 3.63) is 0 Å². The van der Waals surface area contributed by atoms with Gasteiger partial charge in [0.25, 0.3) is 0 Å². The van der Waals surface area contributed by atoms with Crippen LogP contribution in [0.1, 0.15) is 0 Å². The largest absolute Gasteiger partial charge is 1.00 e. The average Bonchev–Trinajstić information content (AvgIpc) is 2.47. The van der Waals surface area contributed by atoms with Gasteiger partial charge in [-0.25, -0.2) is 0 Å². The zero-order chi connectivity index (χ0) is 17.9. The summed E-state index contributed by atoms with van der Waals surface area (Å²) in [5.41, 5.74) is -2.32. The number of hydrogen-bond acceptors (Lipinski definition) is 11. The fraction of sp³-hybridized carbons (Fsp3) is 1.00. The predicted octanol–water partition coefficient (Wildman–Crippen LogP) is -10.4. The van der Waals surface area contributed by atoms with E-state index >= 15 is 0 Å². The van der Waals surface area contributed by atoms with Crippen LogP contribution in [0.3, 0.4) is 0 Å². The van der Waals surface area contributed by atoms with Gasteiger partial charge in [-0.2, -0.15) is 0 Å². The Morgan fingerprint density at radius 1 is 0.667 bits per heavy atom. The molecular weight excluding hydrogens is 374 g/mol. The smallest absolute Gasteiger partial charge is 0.759 e. The molecule has 14 heteroatoms. The third-order valence-electron chi connectivity index (χ3n) is 2.83. The molecule has 0 fully saturated rings. The van der Waals surface area contributed by atoms with Crippen molar-refractivity contribution in [2.24, 2.45) is 10.8 Å². The zero-order valence-electron chi connectivity index (χ0n) is 13.8. The Labute approximate surface area is 184 Å². The summed E-state index contributed by atoms with van der Waals surface area (Å²) in [6.07, 6.45) is 0. The van der Waals surface area contributed by atoms with Gasteiger partial charge in [0, 0.05) is 10.4 Å². The van der Waals surface area contributed by atoms with Crippen LogP contribution >= 0.6 is 0 Å². The second-order valence-corrected chi connectivity index (χ2v) is 5.67. The summed E-state index contributed by atoms with van der Waals surface area (Å²) >= 11 is 0. The second-order valence-electron chi connectivity index (χ2n) is 4.85. The molecule has 0 aliphatic rings. The molecule has 11 nitrogen and oxygen atoms in total. The molecule has 0 unspecified atom stereocenters. The van der Waals surface area contributed by atoms with Crippen LogP contribution in [-0.4, -0.2) is 101 Å². The molecule has 0 rings (SSSR count). The van der Waals surface area contributed by atoms with Crippen molar-refractivity contribution in [3.63, 3.8) is 0 Å². The fourth-order valence-corrected chi connectivity index (χ4v) is 1.06. The van der Waals surface area contributed by atoms with Gasteiger partial charge >= 0.3 is 59.1 Å². The summed E-state index contributed by atoms with van der Waals surface area (Å²) in [6.45, 7) is -3.01. The van der Waals surface area contributed by atoms with Crippen LogP contribution < -0.4 is 59.1 Å². The molecule has 0 radical (unpaired) electrons. The van der Waals surface area contributed by atoms with Gasteiger partial charge in [0.05, 0.1) is 63.7 Å². The van der Waals surface area contributed by atoms with Crippen molar-refractivity contribution in [3.8, 4) is 0 Å². The molecule has 0 atom stereocenters. The summed E-state index contributed by atoms with van der Waals surface area (Å²) in [5.74, 6) is 0. The Hall–Kier alpha value is 1.59. The van der Waals surface area contributed by atoms with E-state index in [1.54, 1.807) is 0 Å². The standard InChI is InChI=1S/C10H22O7.2Na.H2O4S/c11-1-9(2-12,3-13)7-17-8-10(4-14,5-15)6-16;;;1-5(2,3)4/h11-16H,1-8H2;;;(H2,1,2,3,4)/q;2*+1;/p-2. The molecule has 0 heterocycles. The van der Waals surface area contributed by atoms with Gasteiger partial charge in [-0.05, 0) is 0 Å². The van der Waals surface area contributed by atoms with Crippen molar-refractivity contribution < 1.29 is 112 Å². The predicted molar refractivity (Wildman–Crippen MR) is 68.7 cm³/mol. The summed E-state index contributed by atoms with van der Waals surface area (Å²) in [7, 11) is -5.17. The van der Waals surface area contributed by atoms with E-state index in [2.05, 4.69) is 0 Å². The molecule has 0 bridgehead atoms. The van der Waals surface area contributed by atoms with Gasteiger partial charge in [-0.1, -0.05) is 0 Å². The molecular formula is C10H22Na2O11S. The molecule has 0 aromatic carbocycles. The molecule has 0 spiro atoms. The maximum Gasteiger partial charge on any atom is 1.00 e. The van der Waals surface area contributed by atoms with Crippen LogP contribution in [0.4, 0.5) is 0 Å². The van der Waals surface area contributed by atoms with Crippen molar-refractivity contribution in [1.29, 1.82) is 0 Å². The first-order valence-corrected chi connectivity index (χ1v) is 7.30. The molecule has 0 saturated heterocycles. The van der Waals surface area contributed by atoms with E-state index in [1.165, 1.54) is 0 Å². The van der Waals surface area contributed by atoms with Crippen LogP contribution in [0.25, 0.3) is 0 Å². The Bertz CT molecular complexity index is 326. The van der Waals surface area contributed by atoms with E-state index in [0.29, 0.717) is 0 Å². The van der Waals surface area contributed by atoms with E-state index in [0.717, 1.165) is 0 Å². The molecule has 24 heavy (non-hydrogen) atoms. The Morgan fingerprint density at radius 2 is 0.833 bits per heavy atom. The minimum Gasteiger partial charge on any atom is -0.759 e. The normalized spacial score (nSPS) is 11.7. The summed E-state index contributed by atoms with van der Waals surface area (Å²) in [4.78, 5) is 0. The minimum atomic E-state index is -5.17. The van der Waals surface area contributed by atoms with Crippen LogP contribution in [-0.2, 0) is 15.1 Å². The van der Waals surface area contributed by atoms with Gasteiger partial charge in [0.15, 0.2) is 0 Å². The third-order valence-corrected chi connectivity index (χ3v) is 2.83. The number of ether oxygens (including phenoxy) is 1. The molecule has 0 aromatic rings. The Balaban J connectivity index is -0.000000250. The van der Waals surface area contributed by atoms with Crippen LogP contribution in [0, 0.1) is 10.8 Å². The first-order chi connectivity index (χ1) is 10.1. The fourth-order valence-electron chi connectivity index (χ4n) is 1.06. The monoisotopic (exact) mass is 396 g/mol. The van der Waals surface area contributed by atoms with Crippen LogP contribution in [0.2, 0.25) is 0 Å². The number of rotatable bonds is 10. The molecule has 0 aliphatic heterocycles. The van der Waals surface area contributed by atoms with Gasteiger partial charge in [-0.15, -0.1) is 0 Å². The molecule has 0 amide bonds. The topological polar surface area (TPSA) is 211 Å². The zero-order valence-corrected chi connectivity index (χ0v) is 18.6. The molecule has 0 aliphatic carbocycles. The van der Waals surface area contributed by atoms with E-state index in [9.17, 15) is 0 Å². The third kappa shape index (κ3) is 15.8. The summed E-state index contributed by atoms with van der Waals surface area (Å²) < 4.78 is 39.2. The molecule has 136 valence electrons. The van der Waals surface area contributed by atoms with Crippen molar-refractivity contribution >= 4 is 10.4 Å². The van der Waals surface area contributed by atoms with Crippen LogP contribution in [0.5, 0.6) is 0 Å². The summed E-state index contributed by atoms with van der Waals surface area (Å²) in [5, 5.41) is 54.2. The van der Waals surface area contributed by atoms with E-state index < -0.39 is 60.9 Å². The Kier molecular flexibility index (Phi) is 23.2. The van der Waals surface area contributed by atoms with Gasteiger partial charge < -0.3 is 44.5 Å². The van der Waals surface area contributed by atoms with Crippen molar-refractivity contribution in [1.82, 2.24) is 0 Å². The SMILES string of the molecule is O=S(=O)([O-])[O-].OCC(CO)(CO)COCC(CO)(CO)CO.[Na+].[Na+]. The second kappa shape index (κ2) is 16.7. The van der Waals surface area contributed by atoms with Crippen molar-refractivity contribution in [2.45, 2.75) is 0 Å². The quantitative estimate of drug-likeness (QED) is 0.116. The molecule has 0 aromatic heterocycles. The average molecular weight is 396 g/mol. The number of hydrogen-bond donors (Lipinski definition) is 6. The number of aliphatic hydroxyl groups is 6. The van der Waals surface area contributed by atoms with Crippen LogP contribution in [0.15, 0.2) is 0 Å². The van der Waals surface area contributed by atoms with Gasteiger partial charge in [0.1, 0.15) is 0 Å².